The van der Waals surface area contributed by atoms with Crippen molar-refractivity contribution in [1.29, 1.82) is 0 Å². The molecule has 1 fully saturated rings. The third kappa shape index (κ3) is 4.74. The monoisotopic (exact) mass is 289 g/mol. The summed E-state index contributed by atoms with van der Waals surface area (Å²) in [6.07, 6.45) is 6.86. The van der Waals surface area contributed by atoms with Gasteiger partial charge >= 0.3 is 0 Å². The minimum Gasteiger partial charge on any atom is -0.490 e. The summed E-state index contributed by atoms with van der Waals surface area (Å²) in [7, 11) is 0. The minimum atomic E-state index is 0.407. The molecular weight excluding hydrogens is 258 g/mol. The largest absolute Gasteiger partial charge is 0.490 e. The van der Waals surface area contributed by atoms with E-state index >= 15 is 0 Å². The number of hydrogen-bond donors (Lipinski definition) is 1. The highest BCUT2D eigenvalue weighted by molar-refractivity contribution is 5.37. The first-order valence-electron chi connectivity index (χ1n) is 8.59. The van der Waals surface area contributed by atoms with Crippen molar-refractivity contribution >= 4 is 0 Å². The van der Waals surface area contributed by atoms with Crippen LogP contribution in [-0.2, 0) is 6.54 Å². The van der Waals surface area contributed by atoms with Gasteiger partial charge in [-0.05, 0) is 44.6 Å². The van der Waals surface area contributed by atoms with E-state index in [1.54, 1.807) is 0 Å². The van der Waals surface area contributed by atoms with E-state index in [0.717, 1.165) is 18.2 Å². The molecule has 1 aromatic rings. The predicted molar refractivity (Wildman–Crippen MR) is 89.8 cm³/mol. The molecule has 0 amide bonds. The molecule has 118 valence electrons. The van der Waals surface area contributed by atoms with Crippen LogP contribution in [0, 0.1) is 12.8 Å². The van der Waals surface area contributed by atoms with E-state index in [4.69, 9.17) is 4.74 Å². The lowest BCUT2D eigenvalue weighted by atomic mass is 9.84. The van der Waals surface area contributed by atoms with Gasteiger partial charge in [0.25, 0.3) is 0 Å². The summed E-state index contributed by atoms with van der Waals surface area (Å²) in [5.74, 6) is 1.81. The average molecular weight is 289 g/mol. The summed E-state index contributed by atoms with van der Waals surface area (Å²) in [5.41, 5.74) is 2.60. The molecule has 21 heavy (non-hydrogen) atoms. The van der Waals surface area contributed by atoms with Gasteiger partial charge in [-0.2, -0.15) is 0 Å². The number of nitrogens with one attached hydrogen (secondary N) is 1. The average Bonchev–Trinajstić information content (AvgIpc) is 2.48. The molecule has 0 bridgehead atoms. The highest BCUT2D eigenvalue weighted by Gasteiger charge is 2.25. The van der Waals surface area contributed by atoms with Crippen molar-refractivity contribution in [2.24, 2.45) is 5.92 Å². The van der Waals surface area contributed by atoms with Crippen LogP contribution < -0.4 is 10.1 Å². The fourth-order valence-electron chi connectivity index (χ4n) is 3.23. The van der Waals surface area contributed by atoms with Crippen LogP contribution >= 0.6 is 0 Å². The molecule has 1 aromatic carbocycles. The maximum absolute atomic E-state index is 6.44. The molecule has 1 aliphatic rings. The van der Waals surface area contributed by atoms with Crippen LogP contribution in [0.5, 0.6) is 5.75 Å². The first kappa shape index (κ1) is 16.4. The number of hydrogen-bond acceptors (Lipinski definition) is 2. The molecular formula is C19H31NO. The highest BCUT2D eigenvalue weighted by atomic mass is 16.5. The van der Waals surface area contributed by atoms with E-state index in [9.17, 15) is 0 Å². The van der Waals surface area contributed by atoms with Gasteiger partial charge in [0.15, 0.2) is 0 Å². The third-order valence-corrected chi connectivity index (χ3v) is 4.56. The second-order valence-electron chi connectivity index (χ2n) is 6.76. The van der Waals surface area contributed by atoms with Gasteiger partial charge in [0.2, 0.25) is 0 Å². The normalized spacial score (nSPS) is 22.5. The predicted octanol–water partition coefficient (Wildman–Crippen LogP) is 4.84. The number of ether oxygens (including phenoxy) is 1. The highest BCUT2D eigenvalue weighted by Crippen LogP contribution is 2.32. The van der Waals surface area contributed by atoms with Crippen molar-refractivity contribution in [1.82, 2.24) is 5.32 Å². The lowest BCUT2D eigenvalue weighted by Crippen LogP contribution is -2.30. The van der Waals surface area contributed by atoms with Gasteiger partial charge in [-0.25, -0.2) is 0 Å². The summed E-state index contributed by atoms with van der Waals surface area (Å²) in [6, 6.07) is 7.08. The van der Waals surface area contributed by atoms with E-state index in [-0.39, 0.29) is 0 Å². The first-order valence-corrected chi connectivity index (χ1v) is 8.59. The molecule has 2 heteroatoms. The summed E-state index contributed by atoms with van der Waals surface area (Å²) in [6.45, 7) is 9.70. The van der Waals surface area contributed by atoms with Gasteiger partial charge < -0.3 is 10.1 Å². The Balaban J connectivity index is 2.10. The molecule has 1 aliphatic carbocycles. The molecule has 1 N–H and O–H groups in total. The molecule has 0 saturated heterocycles. The Labute approximate surface area is 130 Å². The van der Waals surface area contributed by atoms with Crippen LogP contribution in [0.4, 0.5) is 0 Å². The van der Waals surface area contributed by atoms with Crippen LogP contribution in [0.25, 0.3) is 0 Å². The van der Waals surface area contributed by atoms with Crippen LogP contribution in [0.1, 0.15) is 64.0 Å². The van der Waals surface area contributed by atoms with Crippen molar-refractivity contribution < 1.29 is 4.74 Å². The summed E-state index contributed by atoms with van der Waals surface area (Å²) in [5, 5.41) is 3.51. The summed E-state index contributed by atoms with van der Waals surface area (Å²) < 4.78 is 6.44. The molecule has 2 unspecified atom stereocenters. The summed E-state index contributed by atoms with van der Waals surface area (Å²) in [4.78, 5) is 0. The smallest absolute Gasteiger partial charge is 0.124 e. The zero-order chi connectivity index (χ0) is 15.2. The molecule has 1 saturated carbocycles. The lowest BCUT2D eigenvalue weighted by molar-refractivity contribution is 0.0892. The number of rotatable bonds is 6. The first-order chi connectivity index (χ1) is 10.1. The maximum atomic E-state index is 6.44. The standard InChI is InChI=1S/C19H31NO/c1-5-16-8-6-7-9-18(16)21-19-11-10-15(4)12-17(19)13-20-14(2)3/h10-12,14,16,18,20H,5-9,13H2,1-4H3. The number of aryl methyl sites for hydroxylation is 1. The minimum absolute atomic E-state index is 0.407. The van der Waals surface area contributed by atoms with E-state index in [1.807, 2.05) is 0 Å². The molecule has 2 atom stereocenters. The van der Waals surface area contributed by atoms with Crippen LogP contribution in [0.3, 0.4) is 0 Å². The van der Waals surface area contributed by atoms with Crippen LogP contribution in [-0.4, -0.2) is 12.1 Å². The van der Waals surface area contributed by atoms with Gasteiger partial charge in [0, 0.05) is 18.2 Å². The second kappa shape index (κ2) is 7.84. The van der Waals surface area contributed by atoms with Crippen molar-refractivity contribution in [2.75, 3.05) is 0 Å². The van der Waals surface area contributed by atoms with Crippen LogP contribution in [0.15, 0.2) is 18.2 Å². The van der Waals surface area contributed by atoms with Crippen molar-refractivity contribution in [3.8, 4) is 5.75 Å². The fourth-order valence-corrected chi connectivity index (χ4v) is 3.23. The Kier molecular flexibility index (Phi) is 6.10. The fraction of sp³-hybridized carbons (Fsp3) is 0.684. The van der Waals surface area contributed by atoms with E-state index in [1.165, 1.54) is 43.2 Å². The van der Waals surface area contributed by atoms with Gasteiger partial charge in [0.1, 0.15) is 11.9 Å². The van der Waals surface area contributed by atoms with Gasteiger partial charge in [-0.1, -0.05) is 44.9 Å². The Hall–Kier alpha value is -1.02. The third-order valence-electron chi connectivity index (χ3n) is 4.56. The second-order valence-corrected chi connectivity index (χ2v) is 6.76. The molecule has 0 spiro atoms. The molecule has 2 rings (SSSR count). The van der Waals surface area contributed by atoms with Crippen molar-refractivity contribution in [3.05, 3.63) is 29.3 Å². The Morgan fingerprint density at radius 2 is 2.00 bits per heavy atom. The Bertz CT molecular complexity index is 441. The van der Waals surface area contributed by atoms with Gasteiger partial charge in [-0.15, -0.1) is 0 Å². The molecule has 0 aliphatic heterocycles. The van der Waals surface area contributed by atoms with Crippen LogP contribution in [0.2, 0.25) is 0 Å². The molecule has 0 aromatic heterocycles. The topological polar surface area (TPSA) is 21.3 Å². The maximum Gasteiger partial charge on any atom is 0.124 e. The molecule has 0 radical (unpaired) electrons. The lowest BCUT2D eigenvalue weighted by Gasteiger charge is -2.32. The quantitative estimate of drug-likeness (QED) is 0.809. The summed E-state index contributed by atoms with van der Waals surface area (Å²) >= 11 is 0. The number of benzene rings is 1. The van der Waals surface area contributed by atoms with Gasteiger partial charge in [0.05, 0.1) is 0 Å². The zero-order valence-corrected chi connectivity index (χ0v) is 14.1. The van der Waals surface area contributed by atoms with Gasteiger partial charge in [-0.3, -0.25) is 0 Å². The SMILES string of the molecule is CCC1CCCCC1Oc1ccc(C)cc1CNC(C)C. The van der Waals surface area contributed by atoms with E-state index in [2.05, 4.69) is 51.2 Å². The van der Waals surface area contributed by atoms with E-state index in [0.29, 0.717) is 12.1 Å². The zero-order valence-electron chi connectivity index (χ0n) is 14.1. The van der Waals surface area contributed by atoms with Crippen molar-refractivity contribution in [3.63, 3.8) is 0 Å². The molecule has 2 nitrogen and oxygen atoms in total. The van der Waals surface area contributed by atoms with Crippen molar-refractivity contribution in [2.45, 2.75) is 78.5 Å². The Morgan fingerprint density at radius 1 is 1.24 bits per heavy atom. The molecule has 0 heterocycles. The Morgan fingerprint density at radius 3 is 2.71 bits per heavy atom. The van der Waals surface area contributed by atoms with E-state index < -0.39 is 0 Å².